The molecule has 2 aromatic carbocycles. The molecule has 4 nitrogen and oxygen atoms in total. The molecule has 1 N–H and O–H groups in total. The number of amides is 2. The third-order valence-corrected chi connectivity index (χ3v) is 6.72. The van der Waals surface area contributed by atoms with Crippen molar-refractivity contribution in [3.8, 4) is 10.4 Å². The minimum atomic E-state index is -0.617. The zero-order chi connectivity index (χ0) is 21.0. The quantitative estimate of drug-likeness (QED) is 0.635. The summed E-state index contributed by atoms with van der Waals surface area (Å²) >= 11 is 1.70. The second-order valence-corrected chi connectivity index (χ2v) is 8.74. The topological polar surface area (TPSA) is 49.4 Å². The zero-order valence-corrected chi connectivity index (χ0v) is 18.0. The third-order valence-electron chi connectivity index (χ3n) is 5.81. The summed E-state index contributed by atoms with van der Waals surface area (Å²) in [6.45, 7) is 3.55. The van der Waals surface area contributed by atoms with Crippen molar-refractivity contribution in [3.05, 3.63) is 83.2 Å². The first-order valence-electron chi connectivity index (χ1n) is 10.4. The molecule has 3 aromatic rings. The first kappa shape index (κ1) is 20.4. The van der Waals surface area contributed by atoms with E-state index in [1.165, 1.54) is 10.4 Å². The summed E-state index contributed by atoms with van der Waals surface area (Å²) in [5.41, 5.74) is 2.38. The number of hydrogen-bond acceptors (Lipinski definition) is 3. The summed E-state index contributed by atoms with van der Waals surface area (Å²) in [5.74, 6) is 0.0302. The lowest BCUT2D eigenvalue weighted by atomic mass is 9.78. The number of benzene rings is 2. The molecule has 0 bridgehead atoms. The Kier molecular flexibility index (Phi) is 6.00. The highest BCUT2D eigenvalue weighted by atomic mass is 32.1. The van der Waals surface area contributed by atoms with E-state index in [-0.39, 0.29) is 11.8 Å². The third kappa shape index (κ3) is 4.03. The van der Waals surface area contributed by atoms with E-state index in [0.29, 0.717) is 38.0 Å². The zero-order valence-electron chi connectivity index (χ0n) is 17.1. The molecular weight excluding hydrogens is 392 g/mol. The van der Waals surface area contributed by atoms with Gasteiger partial charge < -0.3 is 10.2 Å². The summed E-state index contributed by atoms with van der Waals surface area (Å²) in [7, 11) is 0. The van der Waals surface area contributed by atoms with Gasteiger partial charge in [-0.3, -0.25) is 9.59 Å². The number of thiophene rings is 1. The lowest BCUT2D eigenvalue weighted by molar-refractivity contribution is -0.130. The van der Waals surface area contributed by atoms with Gasteiger partial charge in [0.15, 0.2) is 0 Å². The SMILES string of the molecule is CCNC(=O)[C@]1(Cc2ccccc2-c2cccs2)CCN(C(=O)c2ccccc2)C1. The van der Waals surface area contributed by atoms with Gasteiger partial charge in [-0.25, -0.2) is 0 Å². The van der Waals surface area contributed by atoms with Crippen LogP contribution in [0.5, 0.6) is 0 Å². The smallest absolute Gasteiger partial charge is 0.253 e. The summed E-state index contributed by atoms with van der Waals surface area (Å²) in [6, 6.07) is 21.8. The minimum Gasteiger partial charge on any atom is -0.356 e. The van der Waals surface area contributed by atoms with Gasteiger partial charge in [-0.1, -0.05) is 48.5 Å². The Morgan fingerprint density at radius 2 is 1.80 bits per heavy atom. The molecule has 0 spiro atoms. The predicted molar refractivity (Wildman–Crippen MR) is 122 cm³/mol. The van der Waals surface area contributed by atoms with Crippen molar-refractivity contribution >= 4 is 23.2 Å². The van der Waals surface area contributed by atoms with E-state index >= 15 is 0 Å². The molecule has 1 fully saturated rings. The number of rotatable bonds is 6. The second kappa shape index (κ2) is 8.84. The van der Waals surface area contributed by atoms with Gasteiger partial charge in [-0.05, 0) is 54.5 Å². The summed E-state index contributed by atoms with van der Waals surface area (Å²) in [4.78, 5) is 29.3. The van der Waals surface area contributed by atoms with Crippen molar-refractivity contribution < 1.29 is 9.59 Å². The van der Waals surface area contributed by atoms with Gasteiger partial charge in [-0.15, -0.1) is 11.3 Å². The van der Waals surface area contributed by atoms with Crippen molar-refractivity contribution in [2.75, 3.05) is 19.6 Å². The number of carbonyl (C=O) groups excluding carboxylic acids is 2. The van der Waals surface area contributed by atoms with Crippen molar-refractivity contribution in [1.29, 1.82) is 0 Å². The molecule has 0 saturated carbocycles. The van der Waals surface area contributed by atoms with E-state index in [0.717, 1.165) is 5.56 Å². The summed E-state index contributed by atoms with van der Waals surface area (Å²) < 4.78 is 0. The van der Waals surface area contributed by atoms with Crippen LogP contribution in [0.2, 0.25) is 0 Å². The molecule has 154 valence electrons. The second-order valence-electron chi connectivity index (χ2n) is 7.79. The van der Waals surface area contributed by atoms with Crippen LogP contribution in [0, 0.1) is 5.41 Å². The Hall–Kier alpha value is -2.92. The van der Waals surface area contributed by atoms with Crippen LogP contribution >= 0.6 is 11.3 Å². The molecule has 1 saturated heterocycles. The highest BCUT2D eigenvalue weighted by Crippen LogP contribution is 2.38. The molecule has 1 atom stereocenters. The molecule has 2 amide bonds. The van der Waals surface area contributed by atoms with Crippen LogP contribution in [0.15, 0.2) is 72.1 Å². The average Bonchev–Trinajstić information content (AvgIpc) is 3.46. The van der Waals surface area contributed by atoms with Crippen LogP contribution in [-0.4, -0.2) is 36.3 Å². The Labute approximate surface area is 181 Å². The van der Waals surface area contributed by atoms with E-state index in [9.17, 15) is 9.59 Å². The molecule has 0 radical (unpaired) electrons. The van der Waals surface area contributed by atoms with Crippen LogP contribution < -0.4 is 5.32 Å². The molecule has 1 aromatic heterocycles. The van der Waals surface area contributed by atoms with Crippen molar-refractivity contribution in [2.24, 2.45) is 5.41 Å². The average molecular weight is 419 g/mol. The van der Waals surface area contributed by atoms with Gasteiger partial charge >= 0.3 is 0 Å². The maximum atomic E-state index is 13.2. The van der Waals surface area contributed by atoms with Gasteiger partial charge in [0.05, 0.1) is 5.41 Å². The van der Waals surface area contributed by atoms with Crippen molar-refractivity contribution in [2.45, 2.75) is 19.8 Å². The highest BCUT2D eigenvalue weighted by molar-refractivity contribution is 7.13. The lowest BCUT2D eigenvalue weighted by Crippen LogP contribution is -2.45. The van der Waals surface area contributed by atoms with E-state index in [1.54, 1.807) is 11.3 Å². The maximum absolute atomic E-state index is 13.2. The molecule has 5 heteroatoms. The van der Waals surface area contributed by atoms with E-state index in [2.05, 4.69) is 28.9 Å². The molecule has 2 heterocycles. The normalized spacial score (nSPS) is 18.4. The predicted octanol–water partition coefficient (Wildman–Crippen LogP) is 4.63. The van der Waals surface area contributed by atoms with Crippen LogP contribution in [0.3, 0.4) is 0 Å². The fraction of sp³-hybridized carbons (Fsp3) is 0.280. The van der Waals surface area contributed by atoms with Crippen LogP contribution in [0.1, 0.15) is 29.3 Å². The largest absolute Gasteiger partial charge is 0.356 e. The number of nitrogens with one attached hydrogen (secondary N) is 1. The number of hydrogen-bond donors (Lipinski definition) is 1. The van der Waals surface area contributed by atoms with Crippen molar-refractivity contribution in [3.63, 3.8) is 0 Å². The maximum Gasteiger partial charge on any atom is 0.253 e. The molecule has 0 aliphatic carbocycles. The van der Waals surface area contributed by atoms with Gasteiger partial charge in [0.2, 0.25) is 5.91 Å². The molecule has 0 unspecified atom stereocenters. The Balaban J connectivity index is 1.64. The Bertz CT molecular complexity index is 1020. The first-order chi connectivity index (χ1) is 14.6. The van der Waals surface area contributed by atoms with Crippen molar-refractivity contribution in [1.82, 2.24) is 10.2 Å². The standard InChI is InChI=1S/C25H26N2O2S/c1-2-26-24(29)25(14-15-27(18-25)23(28)19-9-4-3-5-10-19)17-20-11-6-7-12-21(20)22-13-8-16-30-22/h3-13,16H,2,14-15,17-18H2,1H3,(H,26,29)/t25-/m0/s1. The Morgan fingerprint density at radius 1 is 1.03 bits per heavy atom. The van der Waals surface area contributed by atoms with Gasteiger partial charge in [0.1, 0.15) is 0 Å². The van der Waals surface area contributed by atoms with E-state index in [1.807, 2.05) is 60.4 Å². The van der Waals surface area contributed by atoms with Gasteiger partial charge in [-0.2, -0.15) is 0 Å². The summed E-state index contributed by atoms with van der Waals surface area (Å²) in [5, 5.41) is 5.10. The molecular formula is C25H26N2O2S. The van der Waals surface area contributed by atoms with Gasteiger partial charge in [0.25, 0.3) is 5.91 Å². The monoisotopic (exact) mass is 418 g/mol. The molecule has 4 rings (SSSR count). The molecule has 1 aliphatic heterocycles. The Morgan fingerprint density at radius 3 is 2.53 bits per heavy atom. The number of likely N-dealkylation sites (tertiary alicyclic amines) is 1. The lowest BCUT2D eigenvalue weighted by Gasteiger charge is -2.29. The molecule has 1 aliphatic rings. The minimum absolute atomic E-state index is 0.00619. The summed E-state index contributed by atoms with van der Waals surface area (Å²) in [6.07, 6.45) is 1.28. The first-order valence-corrected chi connectivity index (χ1v) is 11.3. The fourth-order valence-electron chi connectivity index (χ4n) is 4.28. The molecule has 30 heavy (non-hydrogen) atoms. The van der Waals surface area contributed by atoms with Crippen LogP contribution in [-0.2, 0) is 11.2 Å². The van der Waals surface area contributed by atoms with Crippen LogP contribution in [0.4, 0.5) is 0 Å². The van der Waals surface area contributed by atoms with Crippen LogP contribution in [0.25, 0.3) is 10.4 Å². The highest BCUT2D eigenvalue weighted by Gasteiger charge is 2.46. The number of nitrogens with zero attached hydrogens (tertiary/aromatic N) is 1. The van der Waals surface area contributed by atoms with Gasteiger partial charge in [0, 0.05) is 30.1 Å². The van der Waals surface area contributed by atoms with E-state index in [4.69, 9.17) is 0 Å². The number of carbonyl (C=O) groups is 2. The fourth-order valence-corrected chi connectivity index (χ4v) is 5.07. The van der Waals surface area contributed by atoms with E-state index < -0.39 is 5.41 Å².